The van der Waals surface area contributed by atoms with Gasteiger partial charge < -0.3 is 13.3 Å². The molecule has 0 aliphatic rings. The highest BCUT2D eigenvalue weighted by Crippen LogP contribution is 2.36. The standard InChI is InChI=1S/C18H8N6O3S3/c1-12(15-14(22-7-26-15)9-3-25-6-21-9)27-16(20-1)18-24-11(5-29-18)10-4-28-17(23-10)13-2-19-8-30-13/h1-8H. The van der Waals surface area contributed by atoms with Crippen LogP contribution in [0.25, 0.3) is 55.1 Å². The maximum Gasteiger partial charge on any atom is 0.256 e. The molecule has 0 saturated heterocycles. The molecule has 0 amide bonds. The van der Waals surface area contributed by atoms with Crippen molar-refractivity contribution in [2.45, 2.75) is 0 Å². The van der Waals surface area contributed by atoms with E-state index in [-0.39, 0.29) is 0 Å². The van der Waals surface area contributed by atoms with E-state index in [2.05, 4.69) is 29.9 Å². The predicted octanol–water partition coefficient (Wildman–Crippen LogP) is 5.36. The van der Waals surface area contributed by atoms with Crippen LogP contribution in [0, 0.1) is 0 Å². The third-order valence-electron chi connectivity index (χ3n) is 4.07. The van der Waals surface area contributed by atoms with Gasteiger partial charge in [0.25, 0.3) is 5.89 Å². The van der Waals surface area contributed by atoms with Crippen LogP contribution in [-0.4, -0.2) is 29.9 Å². The number of nitrogens with zero attached hydrogens (tertiary/aromatic N) is 6. The van der Waals surface area contributed by atoms with Gasteiger partial charge in [0, 0.05) is 17.0 Å². The van der Waals surface area contributed by atoms with Crippen molar-refractivity contribution < 1.29 is 13.3 Å². The average Bonchev–Trinajstić information content (AvgIpc) is 3.61. The zero-order chi connectivity index (χ0) is 19.9. The number of hydrogen-bond donors (Lipinski definition) is 0. The Balaban J connectivity index is 1.30. The van der Waals surface area contributed by atoms with Gasteiger partial charge in [-0.2, -0.15) is 0 Å². The Bertz CT molecular complexity index is 1410. The summed E-state index contributed by atoms with van der Waals surface area (Å²) in [6, 6.07) is 0. The first-order chi connectivity index (χ1) is 14.8. The molecule has 0 N–H and O–H groups in total. The van der Waals surface area contributed by atoms with E-state index in [0.29, 0.717) is 33.8 Å². The molecule has 0 saturated carbocycles. The number of hydrogen-bond acceptors (Lipinski definition) is 12. The third kappa shape index (κ3) is 2.98. The number of aromatic nitrogens is 6. The molecule has 0 aliphatic carbocycles. The van der Waals surface area contributed by atoms with Gasteiger partial charge in [-0.25, -0.2) is 24.9 Å². The number of thiazole rings is 3. The van der Waals surface area contributed by atoms with Crippen molar-refractivity contribution in [2.24, 2.45) is 0 Å². The van der Waals surface area contributed by atoms with Crippen molar-refractivity contribution in [1.82, 2.24) is 29.9 Å². The summed E-state index contributed by atoms with van der Waals surface area (Å²) in [4.78, 5) is 27.1. The summed E-state index contributed by atoms with van der Waals surface area (Å²) in [5.74, 6) is 1.24. The van der Waals surface area contributed by atoms with Gasteiger partial charge in [-0.15, -0.1) is 34.0 Å². The van der Waals surface area contributed by atoms with E-state index < -0.39 is 0 Å². The minimum absolute atomic E-state index is 0.390. The van der Waals surface area contributed by atoms with Crippen LogP contribution in [0.2, 0.25) is 0 Å². The van der Waals surface area contributed by atoms with Crippen LogP contribution in [-0.2, 0) is 0 Å². The number of rotatable bonds is 5. The van der Waals surface area contributed by atoms with Gasteiger partial charge in [-0.1, -0.05) is 0 Å². The first kappa shape index (κ1) is 17.4. The summed E-state index contributed by atoms with van der Waals surface area (Å²) in [7, 11) is 0. The van der Waals surface area contributed by atoms with Crippen molar-refractivity contribution in [2.75, 3.05) is 0 Å². The molecular formula is C18H8N6O3S3. The lowest BCUT2D eigenvalue weighted by Crippen LogP contribution is -1.80. The Morgan fingerprint density at radius 2 is 1.67 bits per heavy atom. The van der Waals surface area contributed by atoms with Gasteiger partial charge in [-0.05, 0) is 0 Å². The van der Waals surface area contributed by atoms with Crippen molar-refractivity contribution in [3.05, 3.63) is 47.7 Å². The Morgan fingerprint density at radius 1 is 0.800 bits per heavy atom. The first-order valence-corrected chi connectivity index (χ1v) is 11.1. The molecule has 0 atom stereocenters. The fraction of sp³-hybridized carbons (Fsp3) is 0. The van der Waals surface area contributed by atoms with Crippen LogP contribution in [0.1, 0.15) is 0 Å². The molecule has 146 valence electrons. The van der Waals surface area contributed by atoms with E-state index >= 15 is 0 Å². The van der Waals surface area contributed by atoms with E-state index in [1.54, 1.807) is 34.4 Å². The molecule has 0 unspecified atom stereocenters. The summed E-state index contributed by atoms with van der Waals surface area (Å²) in [6.45, 7) is 0. The molecule has 9 nitrogen and oxygen atoms in total. The Labute approximate surface area is 179 Å². The number of oxazole rings is 3. The molecule has 6 aromatic heterocycles. The molecular weight excluding hydrogens is 444 g/mol. The maximum atomic E-state index is 5.89. The Kier molecular flexibility index (Phi) is 4.11. The van der Waals surface area contributed by atoms with Crippen LogP contribution in [0.3, 0.4) is 0 Å². The quantitative estimate of drug-likeness (QED) is 0.341. The van der Waals surface area contributed by atoms with Crippen molar-refractivity contribution in [3.63, 3.8) is 0 Å². The SMILES string of the molecule is c1nc(-c2ncoc2-c2cnc(-c3nc(-c4csc(-c5cncs5)n4)cs3)o2)co1. The fourth-order valence-electron chi connectivity index (χ4n) is 2.73. The second-order valence-electron chi connectivity index (χ2n) is 5.87. The first-order valence-electron chi connectivity index (χ1n) is 8.44. The van der Waals surface area contributed by atoms with Crippen LogP contribution >= 0.6 is 34.0 Å². The molecule has 0 aliphatic heterocycles. The lowest BCUT2D eigenvalue weighted by atomic mass is 10.2. The summed E-state index contributed by atoms with van der Waals surface area (Å²) in [5, 5.41) is 5.48. The average molecular weight is 453 g/mol. The summed E-state index contributed by atoms with van der Waals surface area (Å²) in [6.07, 6.45) is 7.53. The van der Waals surface area contributed by atoms with Crippen LogP contribution < -0.4 is 0 Å². The van der Waals surface area contributed by atoms with E-state index in [4.69, 9.17) is 13.3 Å². The third-order valence-corrected chi connectivity index (χ3v) is 6.68. The highest BCUT2D eigenvalue weighted by molar-refractivity contribution is 7.20. The lowest BCUT2D eigenvalue weighted by molar-refractivity contribution is 0.525. The van der Waals surface area contributed by atoms with Crippen LogP contribution in [0.4, 0.5) is 0 Å². The van der Waals surface area contributed by atoms with E-state index in [1.165, 1.54) is 30.4 Å². The van der Waals surface area contributed by atoms with Crippen molar-refractivity contribution in [3.8, 4) is 55.1 Å². The highest BCUT2D eigenvalue weighted by Gasteiger charge is 2.21. The monoisotopic (exact) mass is 452 g/mol. The Morgan fingerprint density at radius 3 is 2.47 bits per heavy atom. The zero-order valence-corrected chi connectivity index (χ0v) is 17.2. The van der Waals surface area contributed by atoms with E-state index in [9.17, 15) is 0 Å². The van der Waals surface area contributed by atoms with Crippen molar-refractivity contribution in [1.29, 1.82) is 0 Å². The smallest absolute Gasteiger partial charge is 0.256 e. The largest absolute Gasteiger partial charge is 0.451 e. The van der Waals surface area contributed by atoms with Gasteiger partial charge in [0.05, 0.1) is 16.6 Å². The van der Waals surface area contributed by atoms with Crippen LogP contribution in [0.15, 0.2) is 61.0 Å². The summed E-state index contributed by atoms with van der Waals surface area (Å²) >= 11 is 4.55. The predicted molar refractivity (Wildman–Crippen MR) is 111 cm³/mol. The minimum Gasteiger partial charge on any atom is -0.451 e. The molecule has 0 aromatic carbocycles. The van der Waals surface area contributed by atoms with Gasteiger partial charge in [-0.3, -0.25) is 4.98 Å². The van der Waals surface area contributed by atoms with E-state index in [1.807, 2.05) is 17.0 Å². The second kappa shape index (κ2) is 7.09. The molecule has 0 fully saturated rings. The molecule has 30 heavy (non-hydrogen) atoms. The van der Waals surface area contributed by atoms with Crippen molar-refractivity contribution >= 4 is 34.0 Å². The van der Waals surface area contributed by atoms with Gasteiger partial charge in [0.2, 0.25) is 5.76 Å². The fourth-order valence-corrected chi connectivity index (χ4v) is 4.98. The van der Waals surface area contributed by atoms with Crippen LogP contribution in [0.5, 0.6) is 0 Å². The Hall–Kier alpha value is -3.48. The summed E-state index contributed by atoms with van der Waals surface area (Å²) < 4.78 is 16.4. The maximum absolute atomic E-state index is 5.89. The zero-order valence-electron chi connectivity index (χ0n) is 14.8. The molecule has 6 heterocycles. The molecule has 0 radical (unpaired) electrons. The normalized spacial score (nSPS) is 11.3. The van der Waals surface area contributed by atoms with E-state index in [0.717, 1.165) is 21.3 Å². The second-order valence-corrected chi connectivity index (χ2v) is 8.48. The molecule has 12 heteroatoms. The molecule has 0 bridgehead atoms. The summed E-state index contributed by atoms with van der Waals surface area (Å²) in [5.41, 5.74) is 4.43. The highest BCUT2D eigenvalue weighted by atomic mass is 32.1. The topological polar surface area (TPSA) is 117 Å². The minimum atomic E-state index is 0.390. The molecule has 6 aromatic rings. The molecule has 6 rings (SSSR count). The van der Waals surface area contributed by atoms with Gasteiger partial charge in [0.15, 0.2) is 23.6 Å². The lowest BCUT2D eigenvalue weighted by Gasteiger charge is -1.93. The van der Waals surface area contributed by atoms with Gasteiger partial charge >= 0.3 is 0 Å². The van der Waals surface area contributed by atoms with Gasteiger partial charge in [0.1, 0.15) is 34.0 Å². The molecule has 0 spiro atoms.